The van der Waals surface area contributed by atoms with Gasteiger partial charge in [-0.25, -0.2) is 23.5 Å². The molecule has 11 heteroatoms. The van der Waals surface area contributed by atoms with Crippen molar-refractivity contribution in [1.29, 1.82) is 0 Å². The fourth-order valence-corrected chi connectivity index (χ4v) is 5.37. The van der Waals surface area contributed by atoms with E-state index in [-0.39, 0.29) is 16.8 Å². The summed E-state index contributed by atoms with van der Waals surface area (Å²) in [5, 5.41) is 9.93. The summed E-state index contributed by atoms with van der Waals surface area (Å²) in [6.45, 7) is 1.24. The van der Waals surface area contributed by atoms with E-state index < -0.39 is 10.0 Å². The van der Waals surface area contributed by atoms with Crippen LogP contribution < -0.4 is 16.2 Å². The number of thiophene rings is 1. The molecule has 1 unspecified atom stereocenters. The number of nitrogens with one attached hydrogen (secondary N) is 1. The molecule has 164 valence electrons. The maximum Gasteiger partial charge on any atom is 0.264 e. The van der Waals surface area contributed by atoms with E-state index in [9.17, 15) is 13.2 Å². The summed E-state index contributed by atoms with van der Waals surface area (Å²) in [4.78, 5) is 24.3. The van der Waals surface area contributed by atoms with E-state index >= 15 is 0 Å². The smallest absolute Gasteiger partial charge is 0.264 e. The van der Waals surface area contributed by atoms with Crippen molar-refractivity contribution in [3.8, 4) is 0 Å². The van der Waals surface area contributed by atoms with Crippen LogP contribution >= 0.6 is 11.3 Å². The van der Waals surface area contributed by atoms with Crippen LogP contribution in [0.2, 0.25) is 0 Å². The molecule has 0 spiro atoms. The van der Waals surface area contributed by atoms with E-state index in [0.717, 1.165) is 21.9 Å². The molecular formula is C21H20N6O3S2. The molecule has 0 radical (unpaired) electrons. The number of benzene rings is 2. The highest BCUT2D eigenvalue weighted by molar-refractivity contribution is 7.89. The Bertz CT molecular complexity index is 1470. The van der Waals surface area contributed by atoms with E-state index in [1.54, 1.807) is 23.2 Å². The molecule has 5 rings (SSSR count). The van der Waals surface area contributed by atoms with Gasteiger partial charge in [-0.15, -0.1) is 11.3 Å². The maximum atomic E-state index is 12.9. The zero-order valence-electron chi connectivity index (χ0n) is 16.9. The number of hydrogen-bond donors (Lipinski definition) is 3. The third kappa shape index (κ3) is 3.91. The van der Waals surface area contributed by atoms with Gasteiger partial charge in [0.05, 0.1) is 15.3 Å². The molecule has 1 fully saturated rings. The van der Waals surface area contributed by atoms with Gasteiger partial charge in [0.15, 0.2) is 0 Å². The van der Waals surface area contributed by atoms with E-state index in [1.807, 2.05) is 18.2 Å². The Kier molecular flexibility index (Phi) is 5.05. The predicted molar refractivity (Wildman–Crippen MR) is 125 cm³/mol. The summed E-state index contributed by atoms with van der Waals surface area (Å²) in [5.74, 6) is 0.292. The van der Waals surface area contributed by atoms with Crippen molar-refractivity contribution in [2.45, 2.75) is 17.4 Å². The van der Waals surface area contributed by atoms with Crippen LogP contribution in [0.5, 0.6) is 0 Å². The molecule has 5 N–H and O–H groups in total. The zero-order chi connectivity index (χ0) is 22.5. The molecule has 3 heterocycles. The second-order valence-corrected chi connectivity index (χ2v) is 10.4. The van der Waals surface area contributed by atoms with Gasteiger partial charge in [-0.05, 0) is 42.8 Å². The number of anilines is 2. The van der Waals surface area contributed by atoms with Crippen LogP contribution in [0.3, 0.4) is 0 Å². The van der Waals surface area contributed by atoms with Crippen molar-refractivity contribution >= 4 is 59.9 Å². The number of primary sulfonamides is 1. The van der Waals surface area contributed by atoms with Gasteiger partial charge in [-0.3, -0.25) is 4.79 Å². The van der Waals surface area contributed by atoms with E-state index in [1.165, 1.54) is 23.5 Å². The largest absolute Gasteiger partial charge is 0.336 e. The highest BCUT2D eigenvalue weighted by atomic mass is 32.2. The first kappa shape index (κ1) is 20.8. The fraction of sp³-hybridized carbons (Fsp3) is 0.190. The summed E-state index contributed by atoms with van der Waals surface area (Å²) in [6, 6.07) is 11.9. The summed E-state index contributed by atoms with van der Waals surface area (Å²) in [7, 11) is -3.82. The number of fused-ring (bicyclic) bond motifs is 3. The normalized spacial score (nSPS) is 16.7. The highest BCUT2D eigenvalue weighted by Crippen LogP contribution is 2.33. The van der Waals surface area contributed by atoms with Gasteiger partial charge >= 0.3 is 0 Å². The van der Waals surface area contributed by atoms with Crippen LogP contribution in [-0.2, 0) is 10.0 Å². The number of nitrogens with two attached hydrogens (primary N) is 2. The molecule has 1 aliphatic heterocycles. The Morgan fingerprint density at radius 1 is 1.22 bits per heavy atom. The van der Waals surface area contributed by atoms with Gasteiger partial charge in [0.25, 0.3) is 5.91 Å². The van der Waals surface area contributed by atoms with E-state index in [4.69, 9.17) is 10.9 Å². The molecular weight excluding hydrogens is 448 g/mol. The molecule has 1 atom stereocenters. The van der Waals surface area contributed by atoms with Crippen LogP contribution in [0, 0.1) is 0 Å². The summed E-state index contributed by atoms with van der Waals surface area (Å²) in [5.41, 5.74) is 7.15. The van der Waals surface area contributed by atoms with Crippen molar-refractivity contribution in [3.63, 3.8) is 0 Å². The lowest BCUT2D eigenvalue weighted by atomic mass is 10.2. The molecule has 0 bridgehead atoms. The number of carbonyl (C=O) groups is 1. The Balaban J connectivity index is 1.51. The van der Waals surface area contributed by atoms with Crippen LogP contribution in [-0.4, -0.2) is 48.3 Å². The van der Waals surface area contributed by atoms with E-state index in [2.05, 4.69) is 15.3 Å². The minimum absolute atomic E-state index is 0.00620. The molecule has 32 heavy (non-hydrogen) atoms. The molecule has 2 aromatic carbocycles. The number of sulfonamides is 1. The quantitative estimate of drug-likeness (QED) is 0.417. The number of carbonyl (C=O) groups excluding carboxylic acids is 1. The van der Waals surface area contributed by atoms with Gasteiger partial charge in [0.2, 0.25) is 16.0 Å². The van der Waals surface area contributed by atoms with E-state index in [0.29, 0.717) is 35.1 Å². The molecule has 0 aliphatic carbocycles. The predicted octanol–water partition coefficient (Wildman–Crippen LogP) is 2.41. The van der Waals surface area contributed by atoms with Gasteiger partial charge in [0.1, 0.15) is 0 Å². The molecule has 9 nitrogen and oxygen atoms in total. The fourth-order valence-electron chi connectivity index (χ4n) is 3.78. The van der Waals surface area contributed by atoms with Crippen molar-refractivity contribution in [2.24, 2.45) is 10.9 Å². The van der Waals surface area contributed by atoms with Crippen molar-refractivity contribution in [1.82, 2.24) is 14.9 Å². The number of amides is 1. The van der Waals surface area contributed by atoms with Crippen LogP contribution in [0.1, 0.15) is 16.1 Å². The summed E-state index contributed by atoms with van der Waals surface area (Å²) in [6.07, 6.45) is 2.50. The third-order valence-electron chi connectivity index (χ3n) is 5.39. The van der Waals surface area contributed by atoms with Crippen molar-refractivity contribution < 1.29 is 13.2 Å². The van der Waals surface area contributed by atoms with Gasteiger partial charge in [0, 0.05) is 46.5 Å². The SMILES string of the molecule is NC1CCN(C(=O)c2cc3c(ccc4cnc(Nc5cccc(S(N)(=O)=O)c5)nc43)s2)C1. The Labute approximate surface area is 188 Å². The monoisotopic (exact) mass is 468 g/mol. The van der Waals surface area contributed by atoms with Crippen LogP contribution in [0.25, 0.3) is 21.0 Å². The highest BCUT2D eigenvalue weighted by Gasteiger charge is 2.26. The molecule has 1 aliphatic rings. The van der Waals surface area contributed by atoms with Gasteiger partial charge in [-0.1, -0.05) is 6.07 Å². The first-order valence-corrected chi connectivity index (χ1v) is 12.3. The molecule has 1 saturated heterocycles. The zero-order valence-corrected chi connectivity index (χ0v) is 18.5. The lowest BCUT2D eigenvalue weighted by Crippen LogP contribution is -2.31. The topological polar surface area (TPSA) is 144 Å². The molecule has 0 saturated carbocycles. The molecule has 2 aromatic heterocycles. The Hall–Kier alpha value is -3.12. The average Bonchev–Trinajstić information content (AvgIpc) is 3.39. The number of aromatic nitrogens is 2. The minimum Gasteiger partial charge on any atom is -0.336 e. The minimum atomic E-state index is -3.82. The summed E-state index contributed by atoms with van der Waals surface area (Å²) < 4.78 is 24.2. The van der Waals surface area contributed by atoms with Crippen molar-refractivity contribution in [3.05, 3.63) is 53.5 Å². The van der Waals surface area contributed by atoms with Gasteiger partial charge < -0.3 is 16.0 Å². The lowest BCUT2D eigenvalue weighted by Gasteiger charge is -2.13. The van der Waals surface area contributed by atoms with Gasteiger partial charge in [-0.2, -0.15) is 0 Å². The number of hydrogen-bond acceptors (Lipinski definition) is 8. The number of likely N-dealkylation sites (tertiary alicyclic amines) is 1. The Morgan fingerprint density at radius 2 is 2.06 bits per heavy atom. The average molecular weight is 469 g/mol. The third-order valence-corrected chi connectivity index (χ3v) is 7.39. The number of rotatable bonds is 4. The molecule has 4 aromatic rings. The number of nitrogens with zero attached hydrogens (tertiary/aromatic N) is 3. The van der Waals surface area contributed by atoms with Crippen LogP contribution in [0.15, 0.2) is 53.6 Å². The standard InChI is InChI=1S/C21H20N6O3S2/c22-13-6-7-27(11-13)20(28)18-9-16-17(31-18)5-4-12-10-24-21(26-19(12)16)25-14-2-1-3-15(8-14)32(23,29)30/h1-5,8-10,13H,6-7,11,22H2,(H2,23,29,30)(H,24,25,26). The first-order valence-electron chi connectivity index (χ1n) is 9.92. The maximum absolute atomic E-state index is 12.9. The lowest BCUT2D eigenvalue weighted by molar-refractivity contribution is 0.0795. The second kappa shape index (κ2) is 7.78. The summed E-state index contributed by atoms with van der Waals surface area (Å²) >= 11 is 1.43. The van der Waals surface area contributed by atoms with Crippen LogP contribution in [0.4, 0.5) is 11.6 Å². The Morgan fingerprint density at radius 3 is 2.81 bits per heavy atom. The second-order valence-electron chi connectivity index (χ2n) is 7.72. The van der Waals surface area contributed by atoms with Crippen molar-refractivity contribution in [2.75, 3.05) is 18.4 Å². The first-order chi connectivity index (χ1) is 15.3. The molecule has 1 amide bonds.